The van der Waals surface area contributed by atoms with E-state index in [9.17, 15) is 0 Å². The second-order valence-corrected chi connectivity index (χ2v) is 31.8. The molecule has 0 aromatic rings. The summed E-state index contributed by atoms with van der Waals surface area (Å²) in [4.78, 5) is 0. The van der Waals surface area contributed by atoms with Crippen LogP contribution in [0.25, 0.3) is 0 Å². The lowest BCUT2D eigenvalue weighted by Gasteiger charge is -2.42. The van der Waals surface area contributed by atoms with Crippen molar-refractivity contribution in [1.82, 2.24) is 0 Å². The molecule has 248 valence electrons. The van der Waals surface area contributed by atoms with Crippen LogP contribution < -0.4 is 0 Å². The first kappa shape index (κ1) is 40.6. The predicted molar refractivity (Wildman–Crippen MR) is 194 cm³/mol. The SMILES string of the molecule is C=C(/C=C\[C@@H]1OC(OC)O[C@@H]1[C@H](O[Si](C)(C)C(C)(C)C)[C@H](C)CI)C(CO[Si](C)(C)C(C)(C)C)O[Si](C)(C)C(C)(C)C. The highest BCUT2D eigenvalue weighted by atomic mass is 127. The van der Waals surface area contributed by atoms with Crippen LogP contribution in [0.2, 0.25) is 54.4 Å². The molecule has 0 saturated carbocycles. The van der Waals surface area contributed by atoms with Gasteiger partial charge in [0.2, 0.25) is 0 Å². The fourth-order valence-electron chi connectivity index (χ4n) is 3.66. The lowest BCUT2D eigenvalue weighted by atomic mass is 9.97. The molecular weight excluding hydrogens is 692 g/mol. The summed E-state index contributed by atoms with van der Waals surface area (Å²) in [5.41, 5.74) is 0.880. The zero-order chi connectivity index (χ0) is 33.1. The van der Waals surface area contributed by atoms with Crippen molar-refractivity contribution in [2.75, 3.05) is 18.1 Å². The van der Waals surface area contributed by atoms with E-state index in [1.165, 1.54) is 0 Å². The number of hydrogen-bond acceptors (Lipinski definition) is 6. The van der Waals surface area contributed by atoms with Gasteiger partial charge in [-0.15, -0.1) is 0 Å². The Balaban J connectivity index is 3.38. The second-order valence-electron chi connectivity index (χ2n) is 16.6. The van der Waals surface area contributed by atoms with Crippen molar-refractivity contribution in [2.45, 2.75) is 155 Å². The predicted octanol–water partition coefficient (Wildman–Crippen LogP) is 9.69. The summed E-state index contributed by atoms with van der Waals surface area (Å²) in [5.74, 6) is 0.274. The Kier molecular flexibility index (Phi) is 14.5. The molecule has 1 saturated heterocycles. The topological polar surface area (TPSA) is 55.4 Å². The van der Waals surface area contributed by atoms with Gasteiger partial charge < -0.3 is 27.5 Å². The first-order valence-electron chi connectivity index (χ1n) is 15.5. The maximum absolute atomic E-state index is 7.01. The normalized spacial score (nSPS) is 23.8. The summed E-state index contributed by atoms with van der Waals surface area (Å²) >= 11 is 2.44. The van der Waals surface area contributed by atoms with Gasteiger partial charge in [0.15, 0.2) is 25.0 Å². The average Bonchev–Trinajstić information content (AvgIpc) is 3.24. The van der Waals surface area contributed by atoms with Crippen LogP contribution in [0.3, 0.4) is 0 Å². The van der Waals surface area contributed by atoms with Gasteiger partial charge in [-0.05, 0) is 65.9 Å². The molecule has 2 unspecified atom stereocenters. The highest BCUT2D eigenvalue weighted by Crippen LogP contribution is 2.42. The third kappa shape index (κ3) is 10.9. The van der Waals surface area contributed by atoms with Gasteiger partial charge in [-0.1, -0.05) is 111 Å². The van der Waals surface area contributed by atoms with Crippen molar-refractivity contribution in [1.29, 1.82) is 0 Å². The largest absolute Gasteiger partial charge is 0.414 e. The molecule has 42 heavy (non-hydrogen) atoms. The molecule has 10 heteroatoms. The standard InChI is InChI=1S/C32H65IO6Si3/c1-23(26(38-41(15,16)31(6,7)8)22-35-40(13,14)30(3,4)5)19-20-25-28(37-29(34-12)36-25)27(24(2)21-33)39-42(17,18)32(9,10)11/h19-20,24-29H,1,21-22H2,2-18H3/b20-19-/t24-,25+,26?,27-,28+,29?/m1/s1. The quantitative estimate of drug-likeness (QED) is 0.0762. The Hall–Kier alpha value is 0.621. The van der Waals surface area contributed by atoms with E-state index in [2.05, 4.69) is 144 Å². The first-order valence-corrected chi connectivity index (χ1v) is 25.7. The molecule has 0 aromatic carbocycles. The van der Waals surface area contributed by atoms with Gasteiger partial charge in [0.1, 0.15) is 12.2 Å². The van der Waals surface area contributed by atoms with Crippen LogP contribution >= 0.6 is 22.6 Å². The number of methoxy groups -OCH3 is 1. The molecule has 0 aromatic heterocycles. The summed E-state index contributed by atoms with van der Waals surface area (Å²) in [6.07, 6.45) is 3.07. The first-order chi connectivity index (χ1) is 18.7. The summed E-state index contributed by atoms with van der Waals surface area (Å²) in [5, 5.41) is 0.251. The second kappa shape index (κ2) is 15.0. The fraction of sp³-hybridized carbons (Fsp3) is 0.875. The van der Waals surface area contributed by atoms with E-state index < -0.39 is 31.4 Å². The van der Waals surface area contributed by atoms with Crippen molar-refractivity contribution >= 4 is 47.5 Å². The molecule has 1 fully saturated rings. The third-order valence-electron chi connectivity index (χ3n) is 9.98. The number of halogens is 1. The van der Waals surface area contributed by atoms with E-state index in [1.54, 1.807) is 7.11 Å². The van der Waals surface area contributed by atoms with Crippen LogP contribution in [0, 0.1) is 5.92 Å². The summed E-state index contributed by atoms with van der Waals surface area (Å²) in [7, 11) is -4.55. The van der Waals surface area contributed by atoms with Crippen molar-refractivity contribution in [2.24, 2.45) is 5.92 Å². The summed E-state index contributed by atoms with van der Waals surface area (Å²) in [6.45, 7) is 40.6. The van der Waals surface area contributed by atoms with Gasteiger partial charge in [-0.2, -0.15) is 0 Å². The van der Waals surface area contributed by atoms with E-state index >= 15 is 0 Å². The third-order valence-corrected chi connectivity index (χ3v) is 24.8. The molecule has 0 N–H and O–H groups in total. The number of alkyl halides is 1. The molecule has 0 bridgehead atoms. The molecule has 0 aliphatic carbocycles. The Morgan fingerprint density at radius 1 is 0.833 bits per heavy atom. The van der Waals surface area contributed by atoms with Crippen LogP contribution in [0.4, 0.5) is 0 Å². The van der Waals surface area contributed by atoms with Crippen LogP contribution in [0.5, 0.6) is 0 Å². The molecule has 1 aliphatic rings. The van der Waals surface area contributed by atoms with Crippen LogP contribution in [0.15, 0.2) is 24.3 Å². The molecule has 6 atom stereocenters. The van der Waals surface area contributed by atoms with E-state index in [1.807, 2.05) is 6.08 Å². The minimum absolute atomic E-state index is 0.0648. The summed E-state index contributed by atoms with van der Waals surface area (Å²) in [6, 6.07) is 0. The Morgan fingerprint density at radius 2 is 1.31 bits per heavy atom. The molecule has 0 spiro atoms. The molecule has 0 amide bonds. The zero-order valence-corrected chi connectivity index (χ0v) is 35.2. The highest BCUT2D eigenvalue weighted by Gasteiger charge is 2.48. The van der Waals surface area contributed by atoms with Crippen LogP contribution in [-0.2, 0) is 27.5 Å². The van der Waals surface area contributed by atoms with Crippen molar-refractivity contribution < 1.29 is 27.5 Å². The van der Waals surface area contributed by atoms with E-state index in [-0.39, 0.29) is 45.4 Å². The van der Waals surface area contributed by atoms with E-state index in [4.69, 9.17) is 27.5 Å². The molecule has 1 aliphatic heterocycles. The maximum atomic E-state index is 7.01. The van der Waals surface area contributed by atoms with Crippen LogP contribution in [0.1, 0.15) is 69.2 Å². The van der Waals surface area contributed by atoms with Crippen molar-refractivity contribution in [3.63, 3.8) is 0 Å². The average molecular weight is 757 g/mol. The molecule has 1 rings (SSSR count). The van der Waals surface area contributed by atoms with Gasteiger partial charge in [0.25, 0.3) is 6.48 Å². The minimum atomic E-state index is -2.10. The molecule has 0 radical (unpaired) electrons. The minimum Gasteiger partial charge on any atom is -0.414 e. The zero-order valence-electron chi connectivity index (χ0n) is 30.1. The van der Waals surface area contributed by atoms with Gasteiger partial charge >= 0.3 is 0 Å². The number of ether oxygens (including phenoxy) is 3. The van der Waals surface area contributed by atoms with Crippen molar-refractivity contribution in [3.05, 3.63) is 24.3 Å². The van der Waals surface area contributed by atoms with E-state index in [0.29, 0.717) is 6.61 Å². The summed E-state index contributed by atoms with van der Waals surface area (Å²) < 4.78 is 39.7. The van der Waals surface area contributed by atoms with Gasteiger partial charge in [-0.3, -0.25) is 0 Å². The smallest absolute Gasteiger partial charge is 0.272 e. The number of hydrogen-bond donors (Lipinski definition) is 0. The highest BCUT2D eigenvalue weighted by molar-refractivity contribution is 14.1. The lowest BCUT2D eigenvalue weighted by Crippen LogP contribution is -2.51. The monoisotopic (exact) mass is 756 g/mol. The van der Waals surface area contributed by atoms with Gasteiger partial charge in [0, 0.05) is 11.5 Å². The van der Waals surface area contributed by atoms with Crippen LogP contribution in [-0.4, -0.2) is 74.0 Å². The Labute approximate surface area is 276 Å². The van der Waals surface area contributed by atoms with Crippen molar-refractivity contribution in [3.8, 4) is 0 Å². The Bertz CT molecular complexity index is 901. The van der Waals surface area contributed by atoms with Gasteiger partial charge in [0.05, 0.1) is 18.8 Å². The lowest BCUT2D eigenvalue weighted by molar-refractivity contribution is -0.231. The van der Waals surface area contributed by atoms with Gasteiger partial charge in [-0.25, -0.2) is 0 Å². The van der Waals surface area contributed by atoms with E-state index in [0.717, 1.165) is 10.0 Å². The molecular formula is C32H65IO6Si3. The fourth-order valence-corrected chi connectivity index (χ4v) is 7.85. The Morgan fingerprint density at radius 3 is 1.74 bits per heavy atom. The molecule has 6 nitrogen and oxygen atoms in total. The number of rotatable bonds is 14. The maximum Gasteiger partial charge on any atom is 0.272 e. The molecule has 1 heterocycles.